The molecule has 5 N–H and O–H groups in total. The molecule has 0 fully saturated rings. The zero-order valence-electron chi connectivity index (χ0n) is 11.0. The molecule has 2 aromatic rings. The molecule has 2 rings (SSSR count). The topological polar surface area (TPSA) is 111 Å². The van der Waals surface area contributed by atoms with E-state index in [-0.39, 0.29) is 10.6 Å². The van der Waals surface area contributed by atoms with Gasteiger partial charge in [-0.05, 0) is 23.8 Å². The number of hydrogen-bond donors (Lipinski definition) is 3. The van der Waals surface area contributed by atoms with Gasteiger partial charge in [-0.2, -0.15) is 0 Å². The van der Waals surface area contributed by atoms with E-state index in [1.807, 2.05) is 6.07 Å². The minimum Gasteiger partial charge on any atom is -0.366 e. The van der Waals surface area contributed by atoms with Gasteiger partial charge in [0.05, 0.1) is 10.6 Å². The van der Waals surface area contributed by atoms with Gasteiger partial charge in [0.2, 0.25) is 11.8 Å². The van der Waals surface area contributed by atoms with Gasteiger partial charge >= 0.3 is 0 Å². The number of anilines is 1. The van der Waals surface area contributed by atoms with E-state index in [2.05, 4.69) is 10.3 Å². The van der Waals surface area contributed by atoms with E-state index in [1.165, 1.54) is 12.3 Å². The third-order valence-electron chi connectivity index (χ3n) is 2.80. The van der Waals surface area contributed by atoms with Gasteiger partial charge in [0.25, 0.3) is 0 Å². The molecule has 0 aliphatic rings. The van der Waals surface area contributed by atoms with E-state index in [9.17, 15) is 9.59 Å². The normalized spacial score (nSPS) is 10.1. The van der Waals surface area contributed by atoms with Crippen LogP contribution in [0.2, 0.25) is 5.02 Å². The van der Waals surface area contributed by atoms with E-state index in [0.717, 1.165) is 5.56 Å². The number of amides is 2. The van der Waals surface area contributed by atoms with Gasteiger partial charge in [0.1, 0.15) is 5.82 Å². The third kappa shape index (κ3) is 3.70. The molecule has 21 heavy (non-hydrogen) atoms. The number of nitrogens with two attached hydrogens (primary N) is 2. The summed E-state index contributed by atoms with van der Waals surface area (Å²) in [5.74, 6) is -0.657. The zero-order chi connectivity index (χ0) is 15.4. The van der Waals surface area contributed by atoms with Gasteiger partial charge < -0.3 is 16.8 Å². The molecule has 0 aliphatic carbocycles. The van der Waals surface area contributed by atoms with Gasteiger partial charge in [0, 0.05) is 18.3 Å². The van der Waals surface area contributed by atoms with Crippen LogP contribution in [0.1, 0.15) is 26.3 Å². The number of nitrogens with one attached hydrogen (secondary N) is 1. The molecular weight excluding hydrogens is 292 g/mol. The van der Waals surface area contributed by atoms with Gasteiger partial charge in [-0.15, -0.1) is 0 Å². The van der Waals surface area contributed by atoms with Crippen molar-refractivity contribution in [1.29, 1.82) is 0 Å². The van der Waals surface area contributed by atoms with E-state index in [1.54, 1.807) is 18.2 Å². The first-order valence-corrected chi connectivity index (χ1v) is 6.43. The Morgan fingerprint density at radius 1 is 1.14 bits per heavy atom. The maximum Gasteiger partial charge on any atom is 0.250 e. The average Bonchev–Trinajstić information content (AvgIpc) is 2.46. The van der Waals surface area contributed by atoms with E-state index < -0.39 is 11.8 Å². The molecular formula is C14H13ClN4O2. The van der Waals surface area contributed by atoms with Crippen molar-refractivity contribution in [2.75, 3.05) is 5.32 Å². The van der Waals surface area contributed by atoms with Crippen LogP contribution in [0.15, 0.2) is 36.5 Å². The molecule has 1 aromatic heterocycles. The zero-order valence-corrected chi connectivity index (χ0v) is 11.7. The molecule has 0 saturated carbocycles. The van der Waals surface area contributed by atoms with Crippen LogP contribution >= 0.6 is 11.6 Å². The van der Waals surface area contributed by atoms with Crippen LogP contribution in [0.25, 0.3) is 0 Å². The van der Waals surface area contributed by atoms with Gasteiger partial charge in [0.15, 0.2) is 0 Å². The monoisotopic (exact) mass is 304 g/mol. The van der Waals surface area contributed by atoms with E-state index >= 15 is 0 Å². The Kier molecular flexibility index (Phi) is 4.39. The Hall–Kier alpha value is -2.60. The lowest BCUT2D eigenvalue weighted by molar-refractivity contribution is 0.0991. The number of aromatic nitrogens is 1. The van der Waals surface area contributed by atoms with Crippen molar-refractivity contribution in [1.82, 2.24) is 4.98 Å². The first-order chi connectivity index (χ1) is 9.97. The van der Waals surface area contributed by atoms with Gasteiger partial charge in [-0.25, -0.2) is 4.98 Å². The fourth-order valence-electron chi connectivity index (χ4n) is 1.72. The second-order valence-electron chi connectivity index (χ2n) is 4.34. The predicted molar refractivity (Wildman–Crippen MR) is 80.1 cm³/mol. The summed E-state index contributed by atoms with van der Waals surface area (Å²) in [5.41, 5.74) is 11.9. The molecule has 0 radical (unpaired) electrons. The number of pyridine rings is 1. The van der Waals surface area contributed by atoms with Crippen LogP contribution in [0.4, 0.5) is 5.82 Å². The summed E-state index contributed by atoms with van der Waals surface area (Å²) >= 11 is 6.01. The van der Waals surface area contributed by atoms with Crippen molar-refractivity contribution in [3.05, 3.63) is 58.2 Å². The molecule has 0 unspecified atom stereocenters. The lowest BCUT2D eigenvalue weighted by atomic mass is 10.1. The molecule has 108 valence electrons. The molecule has 7 heteroatoms. The first kappa shape index (κ1) is 14.8. The fraction of sp³-hybridized carbons (Fsp3) is 0.0714. The molecule has 0 saturated heterocycles. The van der Waals surface area contributed by atoms with Crippen LogP contribution in [0.3, 0.4) is 0 Å². The summed E-state index contributed by atoms with van der Waals surface area (Å²) in [6.45, 7) is 0.407. The second-order valence-corrected chi connectivity index (χ2v) is 4.74. The SMILES string of the molecule is NC(=O)c1cccc(CNc2ncc(C(N)=O)cc2Cl)c1. The highest BCUT2D eigenvalue weighted by atomic mass is 35.5. The van der Waals surface area contributed by atoms with Crippen molar-refractivity contribution in [3.8, 4) is 0 Å². The molecule has 1 heterocycles. The molecule has 0 bridgehead atoms. The third-order valence-corrected chi connectivity index (χ3v) is 3.09. The van der Waals surface area contributed by atoms with Crippen LogP contribution in [-0.4, -0.2) is 16.8 Å². The fourth-order valence-corrected chi connectivity index (χ4v) is 1.96. The molecule has 0 atom stereocenters. The molecule has 6 nitrogen and oxygen atoms in total. The molecule has 0 aliphatic heterocycles. The number of benzene rings is 1. The van der Waals surface area contributed by atoms with Crippen LogP contribution in [0.5, 0.6) is 0 Å². The number of hydrogen-bond acceptors (Lipinski definition) is 4. The minimum absolute atomic E-state index is 0.237. The first-order valence-electron chi connectivity index (χ1n) is 6.05. The van der Waals surface area contributed by atoms with E-state index in [4.69, 9.17) is 23.1 Å². The highest BCUT2D eigenvalue weighted by Crippen LogP contribution is 2.20. The molecule has 0 spiro atoms. The lowest BCUT2D eigenvalue weighted by Crippen LogP contribution is -2.13. The van der Waals surface area contributed by atoms with Crippen molar-refractivity contribution in [2.45, 2.75) is 6.54 Å². The minimum atomic E-state index is -0.592. The molecule has 1 aromatic carbocycles. The van der Waals surface area contributed by atoms with E-state index in [0.29, 0.717) is 17.9 Å². The van der Waals surface area contributed by atoms with Gasteiger partial charge in [-0.3, -0.25) is 9.59 Å². The Balaban J connectivity index is 2.11. The second kappa shape index (κ2) is 6.23. The number of primary amides is 2. The van der Waals surface area contributed by atoms with Crippen LogP contribution in [0, 0.1) is 0 Å². The summed E-state index contributed by atoms with van der Waals surface area (Å²) in [7, 11) is 0. The number of rotatable bonds is 5. The maximum atomic E-state index is 11.1. The summed E-state index contributed by atoms with van der Waals surface area (Å²) in [4.78, 5) is 26.1. The van der Waals surface area contributed by atoms with Crippen LogP contribution < -0.4 is 16.8 Å². The summed E-state index contributed by atoms with van der Waals surface area (Å²) in [5, 5.41) is 3.30. The van der Waals surface area contributed by atoms with Crippen molar-refractivity contribution < 1.29 is 9.59 Å². The summed E-state index contributed by atoms with van der Waals surface area (Å²) in [6.07, 6.45) is 1.34. The standard InChI is InChI=1S/C14H13ClN4O2/c15-11-5-10(13(17)21)7-19-14(11)18-6-8-2-1-3-9(4-8)12(16)20/h1-5,7H,6H2,(H2,16,20)(H2,17,21)(H,18,19). The summed E-state index contributed by atoms with van der Waals surface area (Å²) < 4.78 is 0. The number of carbonyl (C=O) groups excluding carboxylic acids is 2. The summed E-state index contributed by atoms with van der Waals surface area (Å²) in [6, 6.07) is 8.34. The van der Waals surface area contributed by atoms with Crippen molar-refractivity contribution >= 4 is 29.2 Å². The number of halogens is 1. The van der Waals surface area contributed by atoms with Crippen molar-refractivity contribution in [3.63, 3.8) is 0 Å². The number of carbonyl (C=O) groups is 2. The van der Waals surface area contributed by atoms with Gasteiger partial charge in [-0.1, -0.05) is 23.7 Å². The lowest BCUT2D eigenvalue weighted by Gasteiger charge is -2.09. The highest BCUT2D eigenvalue weighted by molar-refractivity contribution is 6.33. The Morgan fingerprint density at radius 2 is 1.86 bits per heavy atom. The highest BCUT2D eigenvalue weighted by Gasteiger charge is 2.07. The van der Waals surface area contributed by atoms with Crippen molar-refractivity contribution in [2.24, 2.45) is 11.5 Å². The predicted octanol–water partition coefficient (Wildman–Crippen LogP) is 1.54. The molecule has 2 amide bonds. The van der Waals surface area contributed by atoms with Crippen LogP contribution in [-0.2, 0) is 6.54 Å². The quantitative estimate of drug-likeness (QED) is 0.778. The Labute approximate surface area is 126 Å². The Morgan fingerprint density at radius 3 is 2.48 bits per heavy atom. The number of nitrogens with zero attached hydrogens (tertiary/aromatic N) is 1. The smallest absolute Gasteiger partial charge is 0.250 e. The Bertz CT molecular complexity index is 703. The average molecular weight is 305 g/mol. The largest absolute Gasteiger partial charge is 0.366 e. The maximum absolute atomic E-state index is 11.1.